The molecule has 0 aromatic heterocycles. The first-order chi connectivity index (χ1) is 9.60. The largest absolute Gasteiger partial charge is 0.274 e. The summed E-state index contributed by atoms with van der Waals surface area (Å²) in [6.07, 6.45) is 6.51. The van der Waals surface area contributed by atoms with Crippen LogP contribution in [0.5, 0.6) is 0 Å². The fraction of sp³-hybridized carbons (Fsp3) is 0.375. The molecule has 1 aliphatic heterocycles. The molecule has 102 valence electrons. The van der Waals surface area contributed by atoms with Crippen molar-refractivity contribution in [3.63, 3.8) is 0 Å². The molecule has 3 atom stereocenters. The number of nitrogens with zero attached hydrogens (tertiary/aromatic N) is 1. The predicted molar refractivity (Wildman–Crippen MR) is 76.3 cm³/mol. The van der Waals surface area contributed by atoms with E-state index in [2.05, 4.69) is 12.2 Å². The van der Waals surface area contributed by atoms with Gasteiger partial charge in [0.25, 0.3) is 0 Å². The third-order valence-electron chi connectivity index (χ3n) is 4.94. The number of benzene rings is 1. The van der Waals surface area contributed by atoms with E-state index in [4.69, 9.17) is 11.6 Å². The molecule has 2 bridgehead atoms. The molecule has 3 aliphatic rings. The quantitative estimate of drug-likeness (QED) is 0.588. The Morgan fingerprint density at radius 3 is 2.50 bits per heavy atom. The minimum Gasteiger partial charge on any atom is -0.274 e. The third kappa shape index (κ3) is 1.47. The third-order valence-corrected chi connectivity index (χ3v) is 5.19. The molecule has 1 aromatic rings. The number of carbonyl (C=O) groups is 2. The van der Waals surface area contributed by atoms with Gasteiger partial charge in [0.05, 0.1) is 11.1 Å². The lowest BCUT2D eigenvalue weighted by molar-refractivity contribution is -0.126. The second-order valence-electron chi connectivity index (χ2n) is 6.03. The maximum Gasteiger partial charge on any atom is 0.241 e. The van der Waals surface area contributed by atoms with Gasteiger partial charge in [0.2, 0.25) is 11.8 Å². The second-order valence-corrected chi connectivity index (χ2v) is 6.47. The maximum absolute atomic E-state index is 12.9. The number of fused-ring (bicyclic) bond motifs is 3. The standard InChI is InChI=1S/C16H14ClNO2/c17-12-3-5-13(6-4-12)18-14(19)9-16(15(18)20)8-10-1-2-11(16)7-10/h1-6,10-11H,7-9H2/t10-,11+,16-/m0/s1. The van der Waals surface area contributed by atoms with Crippen LogP contribution in [-0.4, -0.2) is 11.8 Å². The van der Waals surface area contributed by atoms with Crippen LogP contribution < -0.4 is 4.90 Å². The summed E-state index contributed by atoms with van der Waals surface area (Å²) in [7, 11) is 0. The van der Waals surface area contributed by atoms with E-state index in [0.717, 1.165) is 12.8 Å². The molecule has 0 unspecified atom stereocenters. The zero-order chi connectivity index (χ0) is 13.9. The molecular formula is C16H14ClNO2. The number of carbonyl (C=O) groups excluding carboxylic acids is 2. The molecule has 20 heavy (non-hydrogen) atoms. The first kappa shape index (κ1) is 12.2. The van der Waals surface area contributed by atoms with Crippen LogP contribution in [0.25, 0.3) is 0 Å². The fourth-order valence-corrected chi connectivity index (χ4v) is 4.14. The highest BCUT2D eigenvalue weighted by Crippen LogP contribution is 2.57. The first-order valence-corrected chi connectivity index (χ1v) is 7.29. The van der Waals surface area contributed by atoms with Crippen molar-refractivity contribution in [1.82, 2.24) is 0 Å². The topological polar surface area (TPSA) is 37.4 Å². The Balaban J connectivity index is 1.73. The molecule has 1 aromatic carbocycles. The summed E-state index contributed by atoms with van der Waals surface area (Å²) in [6.45, 7) is 0. The molecule has 1 saturated heterocycles. The van der Waals surface area contributed by atoms with E-state index in [9.17, 15) is 9.59 Å². The monoisotopic (exact) mass is 287 g/mol. The molecule has 1 heterocycles. The molecule has 3 nitrogen and oxygen atoms in total. The summed E-state index contributed by atoms with van der Waals surface area (Å²) >= 11 is 5.87. The van der Waals surface area contributed by atoms with Crippen LogP contribution in [0.15, 0.2) is 36.4 Å². The number of halogens is 1. The van der Waals surface area contributed by atoms with Crippen molar-refractivity contribution in [2.75, 3.05) is 4.90 Å². The Kier molecular flexibility index (Phi) is 2.40. The summed E-state index contributed by atoms with van der Waals surface area (Å²) < 4.78 is 0. The summed E-state index contributed by atoms with van der Waals surface area (Å²) in [6, 6.07) is 6.90. The summed E-state index contributed by atoms with van der Waals surface area (Å²) in [5, 5.41) is 0.602. The van der Waals surface area contributed by atoms with Gasteiger partial charge in [0.15, 0.2) is 0 Å². The van der Waals surface area contributed by atoms with Crippen molar-refractivity contribution in [2.45, 2.75) is 19.3 Å². The van der Waals surface area contributed by atoms with Crippen LogP contribution in [0.3, 0.4) is 0 Å². The van der Waals surface area contributed by atoms with E-state index in [0.29, 0.717) is 23.0 Å². The Morgan fingerprint density at radius 2 is 1.90 bits per heavy atom. The van der Waals surface area contributed by atoms with Crippen molar-refractivity contribution in [3.05, 3.63) is 41.4 Å². The molecule has 0 N–H and O–H groups in total. The summed E-state index contributed by atoms with van der Waals surface area (Å²) in [5.74, 6) is 0.600. The van der Waals surface area contributed by atoms with Gasteiger partial charge in [0, 0.05) is 11.4 Å². The van der Waals surface area contributed by atoms with Gasteiger partial charge in [0.1, 0.15) is 0 Å². The van der Waals surface area contributed by atoms with E-state index in [1.807, 2.05) is 0 Å². The SMILES string of the molecule is O=C1C[C@]2(C[C@H]3C=C[C@@H]2C3)C(=O)N1c1ccc(Cl)cc1. The molecule has 2 amide bonds. The number of amides is 2. The van der Waals surface area contributed by atoms with E-state index >= 15 is 0 Å². The summed E-state index contributed by atoms with van der Waals surface area (Å²) in [4.78, 5) is 26.6. The van der Waals surface area contributed by atoms with Crippen molar-refractivity contribution >= 4 is 29.1 Å². The smallest absolute Gasteiger partial charge is 0.241 e. The van der Waals surface area contributed by atoms with Crippen molar-refractivity contribution < 1.29 is 9.59 Å². The molecule has 4 heteroatoms. The van der Waals surface area contributed by atoms with E-state index in [1.54, 1.807) is 24.3 Å². The highest BCUT2D eigenvalue weighted by atomic mass is 35.5. The highest BCUT2D eigenvalue weighted by molar-refractivity contribution is 6.30. The number of rotatable bonds is 1. The van der Waals surface area contributed by atoms with Gasteiger partial charge in [-0.1, -0.05) is 23.8 Å². The zero-order valence-corrected chi connectivity index (χ0v) is 11.6. The number of hydrogen-bond donors (Lipinski definition) is 0. The minimum atomic E-state index is -0.476. The molecule has 1 saturated carbocycles. The lowest BCUT2D eigenvalue weighted by Crippen LogP contribution is -2.38. The van der Waals surface area contributed by atoms with Gasteiger partial charge in [-0.2, -0.15) is 0 Å². The predicted octanol–water partition coefficient (Wildman–Crippen LogP) is 3.19. The number of anilines is 1. The van der Waals surface area contributed by atoms with Gasteiger partial charge >= 0.3 is 0 Å². The average Bonchev–Trinajstić information content (AvgIpc) is 3.07. The maximum atomic E-state index is 12.9. The van der Waals surface area contributed by atoms with Crippen molar-refractivity contribution in [2.24, 2.45) is 17.3 Å². The molecule has 2 aliphatic carbocycles. The van der Waals surface area contributed by atoms with Crippen LogP contribution in [0.2, 0.25) is 5.02 Å². The van der Waals surface area contributed by atoms with Gasteiger partial charge in [-0.15, -0.1) is 0 Å². The molecule has 1 spiro atoms. The van der Waals surface area contributed by atoms with E-state index in [-0.39, 0.29) is 17.7 Å². The van der Waals surface area contributed by atoms with Crippen LogP contribution in [0.1, 0.15) is 19.3 Å². The van der Waals surface area contributed by atoms with Crippen LogP contribution in [0, 0.1) is 17.3 Å². The van der Waals surface area contributed by atoms with Gasteiger partial charge < -0.3 is 0 Å². The lowest BCUT2D eigenvalue weighted by atomic mass is 9.74. The van der Waals surface area contributed by atoms with Crippen molar-refractivity contribution in [1.29, 1.82) is 0 Å². The van der Waals surface area contributed by atoms with Gasteiger partial charge in [-0.05, 0) is 48.9 Å². The van der Waals surface area contributed by atoms with Gasteiger partial charge in [-0.25, -0.2) is 0 Å². The fourth-order valence-electron chi connectivity index (χ4n) is 4.02. The van der Waals surface area contributed by atoms with Crippen LogP contribution >= 0.6 is 11.6 Å². The number of allylic oxidation sites excluding steroid dienone is 2. The second kappa shape index (κ2) is 3.95. The Labute approximate surface area is 122 Å². The lowest BCUT2D eigenvalue weighted by Gasteiger charge is -2.28. The Hall–Kier alpha value is -1.61. The first-order valence-electron chi connectivity index (χ1n) is 6.91. The Morgan fingerprint density at radius 1 is 1.15 bits per heavy atom. The molecule has 4 rings (SSSR count). The molecule has 0 radical (unpaired) electrons. The van der Waals surface area contributed by atoms with Crippen LogP contribution in [-0.2, 0) is 9.59 Å². The minimum absolute atomic E-state index is 0.0262. The highest BCUT2D eigenvalue weighted by Gasteiger charge is 2.60. The van der Waals surface area contributed by atoms with E-state index in [1.165, 1.54) is 4.90 Å². The zero-order valence-electron chi connectivity index (χ0n) is 10.9. The Bertz CT molecular complexity index is 636. The molecular weight excluding hydrogens is 274 g/mol. The molecule has 2 fully saturated rings. The van der Waals surface area contributed by atoms with Crippen molar-refractivity contribution in [3.8, 4) is 0 Å². The van der Waals surface area contributed by atoms with Gasteiger partial charge in [-0.3, -0.25) is 14.5 Å². The summed E-state index contributed by atoms with van der Waals surface area (Å²) in [5.41, 5.74) is 0.156. The number of hydrogen-bond acceptors (Lipinski definition) is 2. The van der Waals surface area contributed by atoms with Crippen LogP contribution in [0.4, 0.5) is 5.69 Å². The average molecular weight is 288 g/mol. The normalized spacial score (nSPS) is 34.8. The number of imide groups is 1. The van der Waals surface area contributed by atoms with E-state index < -0.39 is 5.41 Å².